The Morgan fingerprint density at radius 3 is 2.82 bits per heavy atom. The molecule has 122 valence electrons. The standard InChI is InChI=1S/C17H28N4O/c1-6-13-15-12(17(15,2)3)10-21(13)16(22)14-9-18-11-20(14)8-7-19(4)5/h9,11-13,15H,6-8,10H2,1-5H3/t12?,13-,15+/m1/s1. The van der Waals surface area contributed by atoms with Crippen molar-refractivity contribution in [3.05, 3.63) is 18.2 Å². The maximum absolute atomic E-state index is 13.0. The Morgan fingerprint density at radius 2 is 2.18 bits per heavy atom. The second-order valence-electron chi connectivity index (χ2n) is 7.66. The molecule has 0 spiro atoms. The number of fused-ring (bicyclic) bond motifs is 1. The Balaban J connectivity index is 1.74. The smallest absolute Gasteiger partial charge is 0.272 e. The highest BCUT2D eigenvalue weighted by atomic mass is 16.2. The molecule has 5 heteroatoms. The van der Waals surface area contributed by atoms with Gasteiger partial charge >= 0.3 is 0 Å². The van der Waals surface area contributed by atoms with E-state index in [1.165, 1.54) is 0 Å². The van der Waals surface area contributed by atoms with Gasteiger partial charge in [-0.2, -0.15) is 0 Å². The van der Waals surface area contributed by atoms with Crippen molar-refractivity contribution in [3.8, 4) is 0 Å². The molecule has 22 heavy (non-hydrogen) atoms. The van der Waals surface area contributed by atoms with Crippen molar-refractivity contribution in [1.29, 1.82) is 0 Å². The van der Waals surface area contributed by atoms with Gasteiger partial charge in [0.05, 0.1) is 12.5 Å². The van der Waals surface area contributed by atoms with E-state index < -0.39 is 0 Å². The number of piperidine rings is 1. The van der Waals surface area contributed by atoms with Crippen molar-refractivity contribution in [3.63, 3.8) is 0 Å². The van der Waals surface area contributed by atoms with E-state index in [1.54, 1.807) is 12.5 Å². The largest absolute Gasteiger partial charge is 0.334 e. The molecule has 2 heterocycles. The first-order valence-electron chi connectivity index (χ1n) is 8.33. The average molecular weight is 304 g/mol. The molecule has 0 aromatic carbocycles. The first-order valence-corrected chi connectivity index (χ1v) is 8.33. The molecule has 1 saturated heterocycles. The maximum atomic E-state index is 13.0. The summed E-state index contributed by atoms with van der Waals surface area (Å²) < 4.78 is 1.99. The number of likely N-dealkylation sites (tertiary alicyclic amines) is 1. The molecule has 0 bridgehead atoms. The fourth-order valence-corrected chi connectivity index (χ4v) is 4.28. The van der Waals surface area contributed by atoms with E-state index in [9.17, 15) is 4.79 Å². The zero-order valence-electron chi connectivity index (χ0n) is 14.4. The van der Waals surface area contributed by atoms with E-state index in [1.807, 2.05) is 18.7 Å². The molecule has 1 unspecified atom stereocenters. The molecule has 3 rings (SSSR count). The van der Waals surface area contributed by atoms with Crippen molar-refractivity contribution in [2.45, 2.75) is 39.8 Å². The second-order valence-corrected chi connectivity index (χ2v) is 7.66. The molecule has 1 aromatic rings. The van der Waals surface area contributed by atoms with Crippen LogP contribution in [-0.2, 0) is 6.54 Å². The number of hydrogen-bond donors (Lipinski definition) is 0. The fraction of sp³-hybridized carbons (Fsp3) is 0.765. The molecule has 1 amide bonds. The fourth-order valence-electron chi connectivity index (χ4n) is 4.28. The van der Waals surface area contributed by atoms with Crippen LogP contribution in [0, 0.1) is 17.3 Å². The molecule has 0 radical (unpaired) electrons. The molecule has 5 nitrogen and oxygen atoms in total. The molecule has 0 N–H and O–H groups in total. The van der Waals surface area contributed by atoms with Crippen LogP contribution in [0.5, 0.6) is 0 Å². The molecule has 2 fully saturated rings. The van der Waals surface area contributed by atoms with Gasteiger partial charge in [-0.3, -0.25) is 4.79 Å². The van der Waals surface area contributed by atoms with Gasteiger partial charge in [-0.15, -0.1) is 0 Å². The zero-order chi connectivity index (χ0) is 16.1. The highest BCUT2D eigenvalue weighted by Crippen LogP contribution is 2.65. The number of nitrogens with zero attached hydrogens (tertiary/aromatic N) is 4. The Kier molecular flexibility index (Phi) is 3.79. The summed E-state index contributed by atoms with van der Waals surface area (Å²) in [6, 6.07) is 0.393. The summed E-state index contributed by atoms with van der Waals surface area (Å²) in [5.41, 5.74) is 1.15. The average Bonchev–Trinajstić information content (AvgIpc) is 2.91. The highest BCUT2D eigenvalue weighted by Gasteiger charge is 2.66. The van der Waals surface area contributed by atoms with Gasteiger partial charge in [-0.05, 0) is 37.8 Å². The van der Waals surface area contributed by atoms with Gasteiger partial charge in [-0.25, -0.2) is 4.98 Å². The summed E-state index contributed by atoms with van der Waals surface area (Å²) in [5.74, 6) is 1.52. The van der Waals surface area contributed by atoms with Gasteiger partial charge in [0.25, 0.3) is 5.91 Å². The Labute approximate surface area is 133 Å². The van der Waals surface area contributed by atoms with Crippen molar-refractivity contribution in [1.82, 2.24) is 19.4 Å². The third-order valence-electron chi connectivity index (χ3n) is 5.75. The van der Waals surface area contributed by atoms with Crippen LogP contribution in [0.15, 0.2) is 12.5 Å². The quantitative estimate of drug-likeness (QED) is 0.835. The Bertz CT molecular complexity index is 563. The number of aromatic nitrogens is 2. The van der Waals surface area contributed by atoms with E-state index in [4.69, 9.17) is 0 Å². The van der Waals surface area contributed by atoms with Crippen LogP contribution >= 0.6 is 0 Å². The SMILES string of the molecule is CC[C@@H]1[C@@H]2C(CN1C(=O)c1cncn1CCN(C)C)C2(C)C. The number of carbonyl (C=O) groups is 1. The third kappa shape index (κ3) is 2.35. The summed E-state index contributed by atoms with van der Waals surface area (Å²) in [6.07, 6.45) is 4.54. The van der Waals surface area contributed by atoms with E-state index in [0.29, 0.717) is 23.3 Å². The topological polar surface area (TPSA) is 41.4 Å². The highest BCUT2D eigenvalue weighted by molar-refractivity contribution is 5.93. The molecule has 2 aliphatic rings. The number of imidazole rings is 1. The second kappa shape index (κ2) is 5.37. The molecular formula is C17H28N4O. The Morgan fingerprint density at radius 1 is 1.45 bits per heavy atom. The van der Waals surface area contributed by atoms with Crippen LogP contribution in [0.1, 0.15) is 37.7 Å². The maximum Gasteiger partial charge on any atom is 0.272 e. The lowest BCUT2D eigenvalue weighted by atomic mass is 9.99. The summed E-state index contributed by atoms with van der Waals surface area (Å²) in [4.78, 5) is 21.4. The van der Waals surface area contributed by atoms with Crippen molar-refractivity contribution >= 4 is 5.91 Å². The lowest BCUT2D eigenvalue weighted by molar-refractivity contribution is 0.0659. The minimum absolute atomic E-state index is 0.158. The van der Waals surface area contributed by atoms with E-state index >= 15 is 0 Å². The summed E-state index contributed by atoms with van der Waals surface area (Å²) in [5, 5.41) is 0. The number of likely N-dealkylation sites (N-methyl/N-ethyl adjacent to an activating group) is 1. The molecule has 1 saturated carbocycles. The monoisotopic (exact) mass is 304 g/mol. The van der Waals surface area contributed by atoms with Crippen LogP contribution < -0.4 is 0 Å². The molecule has 1 aromatic heterocycles. The van der Waals surface area contributed by atoms with Crippen LogP contribution in [0.4, 0.5) is 0 Å². The van der Waals surface area contributed by atoms with E-state index in [2.05, 4.69) is 35.6 Å². The predicted octanol–water partition coefficient (Wildman–Crippen LogP) is 1.95. The van der Waals surface area contributed by atoms with Gasteiger partial charge in [0.15, 0.2) is 0 Å². The third-order valence-corrected chi connectivity index (χ3v) is 5.75. The lowest BCUT2D eigenvalue weighted by Crippen LogP contribution is -2.41. The predicted molar refractivity (Wildman–Crippen MR) is 86.7 cm³/mol. The van der Waals surface area contributed by atoms with Crippen LogP contribution in [-0.4, -0.2) is 58.5 Å². The first-order chi connectivity index (χ1) is 10.4. The van der Waals surface area contributed by atoms with Crippen molar-refractivity contribution in [2.75, 3.05) is 27.2 Å². The van der Waals surface area contributed by atoms with E-state index in [-0.39, 0.29) is 5.91 Å². The lowest BCUT2D eigenvalue weighted by Gasteiger charge is -2.30. The van der Waals surface area contributed by atoms with Gasteiger partial charge in [0.1, 0.15) is 5.69 Å². The molecule has 1 aliphatic carbocycles. The minimum atomic E-state index is 0.158. The summed E-state index contributed by atoms with van der Waals surface area (Å²) in [7, 11) is 4.09. The Hall–Kier alpha value is -1.36. The number of hydrogen-bond acceptors (Lipinski definition) is 3. The van der Waals surface area contributed by atoms with Crippen LogP contribution in [0.3, 0.4) is 0 Å². The van der Waals surface area contributed by atoms with Crippen LogP contribution in [0.2, 0.25) is 0 Å². The molecule has 1 aliphatic heterocycles. The van der Waals surface area contributed by atoms with Crippen molar-refractivity contribution < 1.29 is 4.79 Å². The van der Waals surface area contributed by atoms with Crippen molar-refractivity contribution in [2.24, 2.45) is 17.3 Å². The first kappa shape index (κ1) is 15.5. The van der Waals surface area contributed by atoms with Gasteiger partial charge in [0, 0.05) is 25.7 Å². The number of rotatable bonds is 5. The van der Waals surface area contributed by atoms with Gasteiger partial charge < -0.3 is 14.4 Å². The number of amides is 1. The summed E-state index contributed by atoms with van der Waals surface area (Å²) in [6.45, 7) is 9.50. The molecular weight excluding hydrogens is 276 g/mol. The summed E-state index contributed by atoms with van der Waals surface area (Å²) >= 11 is 0. The minimum Gasteiger partial charge on any atom is -0.334 e. The molecule has 3 atom stereocenters. The number of carbonyl (C=O) groups excluding carboxylic acids is 1. The van der Waals surface area contributed by atoms with Gasteiger partial charge in [0.2, 0.25) is 0 Å². The van der Waals surface area contributed by atoms with Gasteiger partial charge in [-0.1, -0.05) is 20.8 Å². The van der Waals surface area contributed by atoms with Crippen LogP contribution in [0.25, 0.3) is 0 Å². The zero-order valence-corrected chi connectivity index (χ0v) is 14.4. The van der Waals surface area contributed by atoms with E-state index in [0.717, 1.165) is 31.7 Å². The normalized spacial score (nSPS) is 29.0.